The summed E-state index contributed by atoms with van der Waals surface area (Å²) < 4.78 is 25.2. The highest BCUT2D eigenvalue weighted by Crippen LogP contribution is 2.30. The fourth-order valence-electron chi connectivity index (χ4n) is 3.56. The van der Waals surface area contributed by atoms with Gasteiger partial charge < -0.3 is 19.7 Å². The molecule has 8 heteroatoms. The van der Waals surface area contributed by atoms with Crippen LogP contribution in [-0.2, 0) is 0 Å². The fraction of sp³-hybridized carbons (Fsp3) is 0.409. The Hall–Kier alpha value is -3.16. The minimum absolute atomic E-state index is 0.0549. The molecule has 1 aliphatic rings. The molecule has 1 fully saturated rings. The normalized spacial score (nSPS) is 14.9. The highest BCUT2D eigenvalue weighted by Gasteiger charge is 2.25. The average Bonchev–Trinajstić information content (AvgIpc) is 2.75. The zero-order valence-corrected chi connectivity index (χ0v) is 17.4. The molecule has 3 heterocycles. The van der Waals surface area contributed by atoms with Gasteiger partial charge in [-0.05, 0) is 32.0 Å². The number of anilines is 2. The number of hydrogen-bond donors (Lipinski definition) is 1. The molecular formula is C22H26FN5O2. The number of methoxy groups -OCH3 is 1. The van der Waals surface area contributed by atoms with Crippen molar-refractivity contribution in [1.29, 1.82) is 0 Å². The van der Waals surface area contributed by atoms with Crippen LogP contribution in [0.25, 0.3) is 11.0 Å². The summed E-state index contributed by atoms with van der Waals surface area (Å²) in [6.07, 6.45) is 4.92. The van der Waals surface area contributed by atoms with Gasteiger partial charge in [-0.3, -0.25) is 4.98 Å². The van der Waals surface area contributed by atoms with Crippen LogP contribution in [0.1, 0.15) is 26.7 Å². The maximum atomic E-state index is 14.2. The predicted octanol–water partition coefficient (Wildman–Crippen LogP) is 4.04. The van der Waals surface area contributed by atoms with Crippen molar-refractivity contribution in [2.45, 2.75) is 38.8 Å². The van der Waals surface area contributed by atoms with Crippen LogP contribution in [0.5, 0.6) is 11.5 Å². The van der Waals surface area contributed by atoms with Crippen molar-refractivity contribution in [2.24, 2.45) is 0 Å². The van der Waals surface area contributed by atoms with Crippen molar-refractivity contribution >= 4 is 22.7 Å². The van der Waals surface area contributed by atoms with Crippen molar-refractivity contribution in [3.63, 3.8) is 0 Å². The highest BCUT2D eigenvalue weighted by molar-refractivity contribution is 5.79. The lowest BCUT2D eigenvalue weighted by molar-refractivity contribution is 0.163. The Morgan fingerprint density at radius 1 is 1.13 bits per heavy atom. The van der Waals surface area contributed by atoms with E-state index in [1.807, 2.05) is 6.07 Å². The van der Waals surface area contributed by atoms with Crippen molar-refractivity contribution in [3.8, 4) is 11.5 Å². The van der Waals surface area contributed by atoms with Crippen LogP contribution < -0.4 is 19.7 Å². The molecule has 3 aromatic rings. The Kier molecular flexibility index (Phi) is 5.83. The Balaban J connectivity index is 1.49. The average molecular weight is 411 g/mol. The van der Waals surface area contributed by atoms with E-state index in [0.29, 0.717) is 5.75 Å². The van der Waals surface area contributed by atoms with Gasteiger partial charge in [0.05, 0.1) is 18.8 Å². The molecule has 0 saturated carbocycles. The number of halogens is 1. The minimum atomic E-state index is -0.409. The Morgan fingerprint density at radius 2 is 1.93 bits per heavy atom. The summed E-state index contributed by atoms with van der Waals surface area (Å²) in [5.41, 5.74) is 1.57. The van der Waals surface area contributed by atoms with Crippen LogP contribution >= 0.6 is 0 Å². The Labute approximate surface area is 175 Å². The van der Waals surface area contributed by atoms with Gasteiger partial charge in [-0.2, -0.15) is 0 Å². The first-order chi connectivity index (χ1) is 14.5. The molecule has 0 unspecified atom stereocenters. The van der Waals surface area contributed by atoms with E-state index in [1.165, 1.54) is 13.2 Å². The second-order valence-corrected chi connectivity index (χ2v) is 7.66. The Bertz CT molecular complexity index is 1020. The van der Waals surface area contributed by atoms with Gasteiger partial charge in [0.1, 0.15) is 17.4 Å². The van der Waals surface area contributed by atoms with Crippen molar-refractivity contribution < 1.29 is 13.9 Å². The topological polar surface area (TPSA) is 72.4 Å². The SMILES string of the molecule is COc1ccc(OC2CCN(c3nc4cnccc4nc3NC(C)C)CC2)c(F)c1. The molecule has 2 aromatic heterocycles. The number of nitrogens with one attached hydrogen (secondary N) is 1. The van der Waals surface area contributed by atoms with Gasteiger partial charge in [0.15, 0.2) is 23.2 Å². The smallest absolute Gasteiger partial charge is 0.172 e. The van der Waals surface area contributed by atoms with Gasteiger partial charge in [0, 0.05) is 44.2 Å². The number of nitrogens with zero attached hydrogens (tertiary/aromatic N) is 4. The van der Waals surface area contributed by atoms with E-state index in [0.717, 1.165) is 48.6 Å². The first kappa shape index (κ1) is 20.1. The quantitative estimate of drug-likeness (QED) is 0.656. The molecule has 1 aromatic carbocycles. The van der Waals surface area contributed by atoms with Crippen molar-refractivity contribution in [2.75, 3.05) is 30.4 Å². The second-order valence-electron chi connectivity index (χ2n) is 7.66. The standard InChI is InChI=1S/C22H26FN5O2/c1-14(2)25-21-22(27-19-13-24-9-6-18(19)26-21)28-10-7-15(8-11-28)30-20-5-4-16(29-3)12-17(20)23/h4-6,9,12-15H,7-8,10-11H2,1-3H3,(H,25,26). The molecule has 0 bridgehead atoms. The molecule has 1 N–H and O–H groups in total. The zero-order valence-electron chi connectivity index (χ0n) is 17.4. The molecule has 1 aliphatic heterocycles. The lowest BCUT2D eigenvalue weighted by Gasteiger charge is -2.34. The van der Waals surface area contributed by atoms with E-state index in [-0.39, 0.29) is 17.9 Å². The molecule has 0 radical (unpaired) electrons. The third kappa shape index (κ3) is 4.37. The van der Waals surface area contributed by atoms with Crippen LogP contribution in [0.15, 0.2) is 36.7 Å². The number of rotatable bonds is 6. The summed E-state index contributed by atoms with van der Waals surface area (Å²) in [4.78, 5) is 15.9. The van der Waals surface area contributed by atoms with Gasteiger partial charge >= 0.3 is 0 Å². The third-order valence-electron chi connectivity index (χ3n) is 5.05. The molecule has 4 rings (SSSR count). The highest BCUT2D eigenvalue weighted by atomic mass is 19.1. The molecular weight excluding hydrogens is 385 g/mol. The summed E-state index contributed by atoms with van der Waals surface area (Å²) in [5.74, 6) is 1.91. The summed E-state index contributed by atoms with van der Waals surface area (Å²) in [7, 11) is 1.51. The van der Waals surface area contributed by atoms with E-state index in [4.69, 9.17) is 19.4 Å². The number of hydrogen-bond acceptors (Lipinski definition) is 7. The number of ether oxygens (including phenoxy) is 2. The fourth-order valence-corrected chi connectivity index (χ4v) is 3.56. The predicted molar refractivity (Wildman–Crippen MR) is 115 cm³/mol. The van der Waals surface area contributed by atoms with Gasteiger partial charge in [0.2, 0.25) is 0 Å². The molecule has 0 atom stereocenters. The number of pyridine rings is 1. The summed E-state index contributed by atoms with van der Waals surface area (Å²) in [5, 5.41) is 3.40. The summed E-state index contributed by atoms with van der Waals surface area (Å²) in [6.45, 7) is 5.64. The van der Waals surface area contributed by atoms with E-state index in [9.17, 15) is 4.39 Å². The van der Waals surface area contributed by atoms with Crippen LogP contribution in [0.4, 0.5) is 16.0 Å². The lowest BCUT2D eigenvalue weighted by atomic mass is 10.1. The molecule has 0 aliphatic carbocycles. The zero-order chi connectivity index (χ0) is 21.1. The van der Waals surface area contributed by atoms with Crippen LogP contribution in [0.2, 0.25) is 0 Å². The monoisotopic (exact) mass is 411 g/mol. The molecule has 0 amide bonds. The largest absolute Gasteiger partial charge is 0.497 e. The van der Waals surface area contributed by atoms with Gasteiger partial charge in [0.25, 0.3) is 0 Å². The molecule has 1 saturated heterocycles. The summed E-state index contributed by atoms with van der Waals surface area (Å²) >= 11 is 0. The first-order valence-corrected chi connectivity index (χ1v) is 10.2. The third-order valence-corrected chi connectivity index (χ3v) is 5.05. The van der Waals surface area contributed by atoms with Crippen LogP contribution in [0, 0.1) is 5.82 Å². The van der Waals surface area contributed by atoms with E-state index in [2.05, 4.69) is 29.0 Å². The second kappa shape index (κ2) is 8.69. The summed E-state index contributed by atoms with van der Waals surface area (Å²) in [6, 6.07) is 6.76. The van der Waals surface area contributed by atoms with Crippen molar-refractivity contribution in [1.82, 2.24) is 15.0 Å². The number of piperidine rings is 1. The van der Waals surface area contributed by atoms with E-state index in [1.54, 1.807) is 24.5 Å². The molecule has 0 spiro atoms. The molecule has 7 nitrogen and oxygen atoms in total. The van der Waals surface area contributed by atoms with E-state index < -0.39 is 5.82 Å². The van der Waals surface area contributed by atoms with Crippen LogP contribution in [0.3, 0.4) is 0 Å². The molecule has 30 heavy (non-hydrogen) atoms. The van der Waals surface area contributed by atoms with E-state index >= 15 is 0 Å². The van der Waals surface area contributed by atoms with Gasteiger partial charge in [-0.25, -0.2) is 14.4 Å². The number of aromatic nitrogens is 3. The first-order valence-electron chi connectivity index (χ1n) is 10.2. The maximum absolute atomic E-state index is 14.2. The molecule has 158 valence electrons. The van der Waals surface area contributed by atoms with Gasteiger partial charge in [-0.15, -0.1) is 0 Å². The maximum Gasteiger partial charge on any atom is 0.172 e. The van der Waals surface area contributed by atoms with Crippen LogP contribution in [-0.4, -0.2) is 47.3 Å². The Morgan fingerprint density at radius 3 is 2.63 bits per heavy atom. The van der Waals surface area contributed by atoms with Gasteiger partial charge in [-0.1, -0.05) is 0 Å². The number of fused-ring (bicyclic) bond motifs is 1. The minimum Gasteiger partial charge on any atom is -0.497 e. The number of benzene rings is 1. The lowest BCUT2D eigenvalue weighted by Crippen LogP contribution is -2.39. The van der Waals surface area contributed by atoms with Crippen molar-refractivity contribution in [3.05, 3.63) is 42.5 Å².